The van der Waals surface area contributed by atoms with Gasteiger partial charge in [-0.15, -0.1) is 0 Å². The SMILES string of the molecule is COc1ccc(NC(=S)NNC(=O)c2ccccc2OC)cc1. The van der Waals surface area contributed by atoms with Crippen molar-refractivity contribution in [2.24, 2.45) is 0 Å². The number of hydrazine groups is 1. The third-order valence-electron chi connectivity index (χ3n) is 2.99. The number of carbonyl (C=O) groups excluding carboxylic acids is 1. The molecule has 1 amide bonds. The van der Waals surface area contributed by atoms with E-state index >= 15 is 0 Å². The Morgan fingerprint density at radius 2 is 1.65 bits per heavy atom. The Morgan fingerprint density at radius 3 is 2.30 bits per heavy atom. The molecule has 0 saturated heterocycles. The zero-order valence-corrected chi connectivity index (χ0v) is 13.6. The number of amides is 1. The molecule has 0 atom stereocenters. The summed E-state index contributed by atoms with van der Waals surface area (Å²) in [6.45, 7) is 0. The minimum atomic E-state index is -0.346. The van der Waals surface area contributed by atoms with E-state index in [4.69, 9.17) is 21.7 Å². The molecule has 2 rings (SSSR count). The third-order valence-corrected chi connectivity index (χ3v) is 3.19. The molecule has 0 aliphatic rings. The number of nitrogens with one attached hydrogen (secondary N) is 3. The highest BCUT2D eigenvalue weighted by Crippen LogP contribution is 2.17. The van der Waals surface area contributed by atoms with E-state index < -0.39 is 0 Å². The van der Waals surface area contributed by atoms with Crippen LogP contribution in [-0.2, 0) is 0 Å². The molecule has 7 heteroatoms. The van der Waals surface area contributed by atoms with Gasteiger partial charge in [0, 0.05) is 5.69 Å². The number of hydrogen-bond donors (Lipinski definition) is 3. The van der Waals surface area contributed by atoms with Crippen LogP contribution >= 0.6 is 12.2 Å². The quantitative estimate of drug-likeness (QED) is 0.590. The molecular formula is C16H17N3O3S. The number of thiocarbonyl (C=S) groups is 1. The molecule has 0 unspecified atom stereocenters. The maximum atomic E-state index is 12.1. The first-order valence-corrected chi connectivity index (χ1v) is 7.19. The van der Waals surface area contributed by atoms with Crippen LogP contribution in [0.25, 0.3) is 0 Å². The van der Waals surface area contributed by atoms with Crippen LogP contribution in [0.2, 0.25) is 0 Å². The van der Waals surface area contributed by atoms with Gasteiger partial charge >= 0.3 is 0 Å². The van der Waals surface area contributed by atoms with Crippen LogP contribution in [0, 0.1) is 0 Å². The van der Waals surface area contributed by atoms with Crippen molar-refractivity contribution in [2.45, 2.75) is 0 Å². The number of carbonyl (C=O) groups is 1. The van der Waals surface area contributed by atoms with Gasteiger partial charge in [0.1, 0.15) is 11.5 Å². The molecule has 0 spiro atoms. The normalized spacial score (nSPS) is 9.65. The second-order valence-electron chi connectivity index (χ2n) is 4.46. The molecule has 0 radical (unpaired) electrons. The lowest BCUT2D eigenvalue weighted by molar-refractivity contribution is 0.0941. The number of benzene rings is 2. The highest BCUT2D eigenvalue weighted by atomic mass is 32.1. The first-order valence-electron chi connectivity index (χ1n) is 6.78. The number of rotatable bonds is 4. The molecule has 0 saturated carbocycles. The Kier molecular flexibility index (Phi) is 5.76. The molecule has 0 bridgehead atoms. The Balaban J connectivity index is 1.89. The van der Waals surface area contributed by atoms with Crippen LogP contribution in [0.5, 0.6) is 11.5 Å². The predicted octanol–water partition coefficient (Wildman–Crippen LogP) is 2.34. The fourth-order valence-corrected chi connectivity index (χ4v) is 2.02. The summed E-state index contributed by atoms with van der Waals surface area (Å²) in [5, 5.41) is 3.21. The second-order valence-corrected chi connectivity index (χ2v) is 4.87. The molecule has 120 valence electrons. The average molecular weight is 331 g/mol. The Labute approximate surface area is 139 Å². The first-order chi connectivity index (χ1) is 11.1. The van der Waals surface area contributed by atoms with E-state index in [2.05, 4.69) is 16.2 Å². The zero-order chi connectivity index (χ0) is 16.7. The highest BCUT2D eigenvalue weighted by molar-refractivity contribution is 7.80. The fourth-order valence-electron chi connectivity index (χ4n) is 1.85. The molecular weight excluding hydrogens is 314 g/mol. The van der Waals surface area contributed by atoms with Gasteiger partial charge in [0.2, 0.25) is 0 Å². The minimum Gasteiger partial charge on any atom is -0.497 e. The third kappa shape index (κ3) is 4.58. The van der Waals surface area contributed by atoms with Gasteiger partial charge in [-0.25, -0.2) is 0 Å². The monoisotopic (exact) mass is 331 g/mol. The minimum absolute atomic E-state index is 0.262. The fraction of sp³-hybridized carbons (Fsp3) is 0.125. The van der Waals surface area contributed by atoms with Crippen LogP contribution in [0.4, 0.5) is 5.69 Å². The van der Waals surface area contributed by atoms with Crippen molar-refractivity contribution in [3.63, 3.8) is 0 Å². The topological polar surface area (TPSA) is 71.6 Å². The molecule has 0 heterocycles. The van der Waals surface area contributed by atoms with Gasteiger partial charge < -0.3 is 14.8 Å². The van der Waals surface area contributed by atoms with Crippen molar-refractivity contribution < 1.29 is 14.3 Å². The van der Waals surface area contributed by atoms with Gasteiger partial charge in [0.05, 0.1) is 19.8 Å². The average Bonchev–Trinajstić information content (AvgIpc) is 2.60. The molecule has 0 aromatic heterocycles. The van der Waals surface area contributed by atoms with E-state index in [1.54, 1.807) is 43.5 Å². The highest BCUT2D eigenvalue weighted by Gasteiger charge is 2.11. The summed E-state index contributed by atoms with van der Waals surface area (Å²) >= 11 is 5.13. The number of ether oxygens (including phenoxy) is 2. The summed E-state index contributed by atoms with van der Waals surface area (Å²) in [7, 11) is 3.11. The van der Waals surface area contributed by atoms with Crippen molar-refractivity contribution in [3.05, 3.63) is 54.1 Å². The van der Waals surface area contributed by atoms with Crippen molar-refractivity contribution in [3.8, 4) is 11.5 Å². The van der Waals surface area contributed by atoms with Crippen LogP contribution in [0.15, 0.2) is 48.5 Å². The van der Waals surface area contributed by atoms with Crippen LogP contribution in [0.1, 0.15) is 10.4 Å². The van der Waals surface area contributed by atoms with Crippen molar-refractivity contribution in [1.29, 1.82) is 0 Å². The number of para-hydroxylation sites is 1. The van der Waals surface area contributed by atoms with Gasteiger partial charge in [-0.1, -0.05) is 12.1 Å². The Hall–Kier alpha value is -2.80. The van der Waals surface area contributed by atoms with Crippen molar-refractivity contribution in [1.82, 2.24) is 10.9 Å². The van der Waals surface area contributed by atoms with E-state index in [0.717, 1.165) is 11.4 Å². The van der Waals surface area contributed by atoms with Crippen LogP contribution in [-0.4, -0.2) is 25.2 Å². The maximum absolute atomic E-state index is 12.1. The Bertz CT molecular complexity index is 689. The van der Waals surface area contributed by atoms with Crippen molar-refractivity contribution >= 4 is 28.9 Å². The molecule has 23 heavy (non-hydrogen) atoms. The first kappa shape index (κ1) is 16.6. The maximum Gasteiger partial charge on any atom is 0.273 e. The van der Waals surface area contributed by atoms with Crippen LogP contribution in [0.3, 0.4) is 0 Å². The summed E-state index contributed by atoms with van der Waals surface area (Å²) in [5.74, 6) is 0.890. The van der Waals surface area contributed by atoms with Crippen LogP contribution < -0.4 is 25.6 Å². The largest absolute Gasteiger partial charge is 0.497 e. The lowest BCUT2D eigenvalue weighted by atomic mass is 10.2. The van der Waals surface area contributed by atoms with Gasteiger partial charge in [0.25, 0.3) is 5.91 Å². The summed E-state index contributed by atoms with van der Waals surface area (Å²) in [6.07, 6.45) is 0. The molecule has 6 nitrogen and oxygen atoms in total. The van der Waals surface area contributed by atoms with Gasteiger partial charge in [-0.05, 0) is 48.6 Å². The van der Waals surface area contributed by atoms with E-state index in [-0.39, 0.29) is 11.0 Å². The number of methoxy groups -OCH3 is 2. The molecule has 0 aliphatic heterocycles. The molecule has 0 fully saturated rings. The lowest BCUT2D eigenvalue weighted by Gasteiger charge is -2.13. The van der Waals surface area contributed by atoms with Gasteiger partial charge in [0.15, 0.2) is 5.11 Å². The summed E-state index contributed by atoms with van der Waals surface area (Å²) < 4.78 is 10.2. The molecule has 2 aromatic carbocycles. The standard InChI is InChI=1S/C16H17N3O3S/c1-21-12-9-7-11(8-10-12)17-16(23)19-18-15(20)13-5-3-4-6-14(13)22-2/h3-10H,1-2H3,(H,18,20)(H2,17,19,23). The molecule has 2 aromatic rings. The van der Waals surface area contributed by atoms with Gasteiger partial charge in [-0.3, -0.25) is 15.6 Å². The van der Waals surface area contributed by atoms with E-state index in [9.17, 15) is 4.79 Å². The predicted molar refractivity (Wildman–Crippen MR) is 92.8 cm³/mol. The molecule has 3 N–H and O–H groups in total. The van der Waals surface area contributed by atoms with E-state index in [1.165, 1.54) is 7.11 Å². The zero-order valence-electron chi connectivity index (χ0n) is 12.8. The summed E-state index contributed by atoms with van der Waals surface area (Å²) in [5.41, 5.74) is 6.35. The van der Waals surface area contributed by atoms with Crippen molar-refractivity contribution in [2.75, 3.05) is 19.5 Å². The lowest BCUT2D eigenvalue weighted by Crippen LogP contribution is -2.43. The Morgan fingerprint density at radius 1 is 0.957 bits per heavy atom. The second kappa shape index (κ2) is 8.00. The molecule has 0 aliphatic carbocycles. The number of hydrogen-bond acceptors (Lipinski definition) is 4. The summed E-state index contributed by atoms with van der Waals surface area (Å²) in [4.78, 5) is 12.1. The number of anilines is 1. The smallest absolute Gasteiger partial charge is 0.273 e. The van der Waals surface area contributed by atoms with E-state index in [1.807, 2.05) is 12.1 Å². The van der Waals surface area contributed by atoms with Gasteiger partial charge in [-0.2, -0.15) is 0 Å². The summed E-state index contributed by atoms with van der Waals surface area (Å²) in [6, 6.07) is 14.2. The van der Waals surface area contributed by atoms with E-state index in [0.29, 0.717) is 11.3 Å².